The molecule has 2 aromatic rings. The molecule has 0 amide bonds. The van der Waals surface area contributed by atoms with E-state index in [-0.39, 0.29) is 10.7 Å². The van der Waals surface area contributed by atoms with Crippen molar-refractivity contribution in [3.05, 3.63) is 66.7 Å². The van der Waals surface area contributed by atoms with Crippen LogP contribution in [0.25, 0.3) is 11.1 Å². The second-order valence-corrected chi connectivity index (χ2v) is 8.01. The molecule has 3 rings (SSSR count). The van der Waals surface area contributed by atoms with Gasteiger partial charge >= 0.3 is 0 Å². The zero-order chi connectivity index (χ0) is 18.6. The number of carbonyl (C=O) groups excluding carboxylic acids is 1. The molecule has 2 N–H and O–H groups in total. The van der Waals surface area contributed by atoms with Gasteiger partial charge in [0.25, 0.3) is 0 Å². The van der Waals surface area contributed by atoms with E-state index in [1.165, 1.54) is 0 Å². The second-order valence-electron chi connectivity index (χ2n) is 6.29. The molecule has 6 heteroatoms. The number of ketones is 1. The number of hydrogen-bond acceptors (Lipinski definition) is 4. The molecule has 2 aromatic carbocycles. The molecular formula is C20H21NO4S. The Morgan fingerprint density at radius 1 is 0.962 bits per heavy atom. The SMILES string of the molecule is O=C(CO)C1CC=CCC1NS(=O)(=O)c1ccc(-c2ccccc2)cc1. The summed E-state index contributed by atoms with van der Waals surface area (Å²) in [6.07, 6.45) is 4.56. The standard InChI is InChI=1S/C20H21NO4S/c22-14-20(23)18-8-4-5-9-19(18)21-26(24,25)17-12-10-16(11-13-17)15-6-2-1-3-7-15/h1-7,10-13,18-19,21-22H,8-9,14H2. The molecule has 1 aliphatic carbocycles. The number of rotatable bonds is 6. The van der Waals surface area contributed by atoms with E-state index in [0.717, 1.165) is 11.1 Å². The number of sulfonamides is 1. The van der Waals surface area contributed by atoms with Crippen molar-refractivity contribution in [2.45, 2.75) is 23.8 Å². The molecule has 26 heavy (non-hydrogen) atoms. The van der Waals surface area contributed by atoms with Crippen molar-refractivity contribution in [3.63, 3.8) is 0 Å². The van der Waals surface area contributed by atoms with E-state index in [9.17, 15) is 13.2 Å². The van der Waals surface area contributed by atoms with Crippen LogP contribution in [0.1, 0.15) is 12.8 Å². The van der Waals surface area contributed by atoms with E-state index < -0.39 is 28.6 Å². The molecule has 0 spiro atoms. The third-order valence-corrected chi connectivity index (χ3v) is 6.09. The summed E-state index contributed by atoms with van der Waals surface area (Å²) < 4.78 is 28.0. The Kier molecular flexibility index (Phi) is 5.66. The van der Waals surface area contributed by atoms with E-state index in [4.69, 9.17) is 5.11 Å². The second kappa shape index (κ2) is 7.95. The van der Waals surface area contributed by atoms with Crippen LogP contribution in [0.15, 0.2) is 71.6 Å². The maximum atomic E-state index is 12.7. The molecule has 0 aromatic heterocycles. The summed E-state index contributed by atoms with van der Waals surface area (Å²) in [6.45, 7) is -0.581. The molecule has 1 aliphatic rings. The third-order valence-electron chi connectivity index (χ3n) is 4.58. The lowest BCUT2D eigenvalue weighted by Gasteiger charge is -2.27. The van der Waals surface area contributed by atoms with Crippen molar-refractivity contribution in [3.8, 4) is 11.1 Å². The largest absolute Gasteiger partial charge is 0.389 e. The number of nitrogens with one attached hydrogen (secondary N) is 1. The summed E-state index contributed by atoms with van der Waals surface area (Å²) in [6, 6.07) is 15.8. The first kappa shape index (κ1) is 18.5. The quantitative estimate of drug-likeness (QED) is 0.765. The Morgan fingerprint density at radius 2 is 1.58 bits per heavy atom. The van der Waals surface area contributed by atoms with Gasteiger partial charge in [-0.05, 0) is 36.1 Å². The van der Waals surface area contributed by atoms with Gasteiger partial charge in [0.05, 0.1) is 4.90 Å². The molecule has 2 unspecified atom stereocenters. The average molecular weight is 371 g/mol. The Labute approximate surface area is 153 Å². The summed E-state index contributed by atoms with van der Waals surface area (Å²) in [5, 5.41) is 9.11. The predicted molar refractivity (Wildman–Crippen MR) is 99.9 cm³/mol. The van der Waals surface area contributed by atoms with Crippen LogP contribution in [0.5, 0.6) is 0 Å². The van der Waals surface area contributed by atoms with Crippen LogP contribution in [0.3, 0.4) is 0 Å². The maximum Gasteiger partial charge on any atom is 0.240 e. The lowest BCUT2D eigenvalue weighted by Crippen LogP contribution is -2.44. The van der Waals surface area contributed by atoms with Crippen molar-refractivity contribution in [2.75, 3.05) is 6.61 Å². The molecule has 5 nitrogen and oxygen atoms in total. The van der Waals surface area contributed by atoms with E-state index >= 15 is 0 Å². The van der Waals surface area contributed by atoms with Crippen LogP contribution in [0.4, 0.5) is 0 Å². The van der Waals surface area contributed by atoms with Gasteiger partial charge in [-0.15, -0.1) is 0 Å². The summed E-state index contributed by atoms with van der Waals surface area (Å²) in [4.78, 5) is 12.0. The molecule has 2 atom stereocenters. The van der Waals surface area contributed by atoms with Gasteiger partial charge in [0.15, 0.2) is 5.78 Å². The molecular weight excluding hydrogens is 350 g/mol. The first-order valence-corrected chi connectivity index (χ1v) is 9.96. The molecule has 136 valence electrons. The van der Waals surface area contributed by atoms with Gasteiger partial charge in [0, 0.05) is 12.0 Å². The van der Waals surface area contributed by atoms with Gasteiger partial charge in [-0.3, -0.25) is 4.79 Å². The van der Waals surface area contributed by atoms with Crippen LogP contribution in [-0.2, 0) is 14.8 Å². The van der Waals surface area contributed by atoms with E-state index in [2.05, 4.69) is 4.72 Å². The van der Waals surface area contributed by atoms with Gasteiger partial charge in [0.1, 0.15) is 6.61 Å². The number of Topliss-reactive ketones (excluding diaryl/α,β-unsaturated/α-hetero) is 1. The molecule has 0 saturated heterocycles. The Balaban J connectivity index is 1.79. The number of benzene rings is 2. The van der Waals surface area contributed by atoms with Crippen molar-refractivity contribution in [1.82, 2.24) is 4.72 Å². The minimum absolute atomic E-state index is 0.155. The first-order chi connectivity index (χ1) is 12.5. The first-order valence-electron chi connectivity index (χ1n) is 8.47. The fraction of sp³-hybridized carbons (Fsp3) is 0.250. The van der Waals surface area contributed by atoms with E-state index in [0.29, 0.717) is 12.8 Å². The molecule has 0 bridgehead atoms. The lowest BCUT2D eigenvalue weighted by atomic mass is 9.86. The Hall–Kier alpha value is -2.28. The monoisotopic (exact) mass is 371 g/mol. The average Bonchev–Trinajstić information content (AvgIpc) is 2.68. The predicted octanol–water partition coefficient (Wildman–Crippen LogP) is 2.53. The number of hydrogen-bond donors (Lipinski definition) is 2. The zero-order valence-corrected chi connectivity index (χ0v) is 15.0. The number of aliphatic hydroxyl groups excluding tert-OH is 1. The normalized spacial score (nSPS) is 20.0. The van der Waals surface area contributed by atoms with Crippen molar-refractivity contribution in [2.24, 2.45) is 5.92 Å². The van der Waals surface area contributed by atoms with Crippen LogP contribution >= 0.6 is 0 Å². The molecule has 0 fully saturated rings. The zero-order valence-electron chi connectivity index (χ0n) is 14.2. The smallest absolute Gasteiger partial charge is 0.240 e. The highest BCUT2D eigenvalue weighted by atomic mass is 32.2. The minimum Gasteiger partial charge on any atom is -0.389 e. The summed E-state index contributed by atoms with van der Waals surface area (Å²) in [5.74, 6) is -0.884. The maximum absolute atomic E-state index is 12.7. The van der Waals surface area contributed by atoms with E-state index in [1.54, 1.807) is 24.3 Å². The Bertz CT molecular complexity index is 889. The van der Waals surface area contributed by atoms with Crippen LogP contribution in [0, 0.1) is 5.92 Å². The molecule has 0 radical (unpaired) electrons. The molecule has 0 heterocycles. The number of allylic oxidation sites excluding steroid dienone is 1. The van der Waals surface area contributed by atoms with Crippen LogP contribution < -0.4 is 4.72 Å². The topological polar surface area (TPSA) is 83.5 Å². The van der Waals surface area contributed by atoms with Gasteiger partial charge < -0.3 is 5.11 Å². The highest BCUT2D eigenvalue weighted by molar-refractivity contribution is 7.89. The Morgan fingerprint density at radius 3 is 2.23 bits per heavy atom. The summed E-state index contributed by atoms with van der Waals surface area (Å²) >= 11 is 0. The van der Waals surface area contributed by atoms with Gasteiger partial charge in [0.2, 0.25) is 10.0 Å². The third kappa shape index (κ3) is 4.09. The molecule has 0 saturated carbocycles. The highest BCUT2D eigenvalue weighted by Gasteiger charge is 2.31. The summed E-state index contributed by atoms with van der Waals surface area (Å²) in [5.41, 5.74) is 1.94. The van der Waals surface area contributed by atoms with E-state index in [1.807, 2.05) is 42.5 Å². The van der Waals surface area contributed by atoms with Crippen LogP contribution in [-0.4, -0.2) is 32.0 Å². The van der Waals surface area contributed by atoms with Crippen molar-refractivity contribution < 1.29 is 18.3 Å². The lowest BCUT2D eigenvalue weighted by molar-refractivity contribution is -0.126. The fourth-order valence-corrected chi connectivity index (χ4v) is 4.43. The fourth-order valence-electron chi connectivity index (χ4n) is 3.14. The van der Waals surface area contributed by atoms with Gasteiger partial charge in [-0.25, -0.2) is 13.1 Å². The summed E-state index contributed by atoms with van der Waals surface area (Å²) in [7, 11) is -3.75. The van der Waals surface area contributed by atoms with Gasteiger partial charge in [-0.1, -0.05) is 54.6 Å². The molecule has 0 aliphatic heterocycles. The van der Waals surface area contributed by atoms with Crippen molar-refractivity contribution in [1.29, 1.82) is 0 Å². The van der Waals surface area contributed by atoms with Gasteiger partial charge in [-0.2, -0.15) is 0 Å². The number of carbonyl (C=O) groups is 1. The van der Waals surface area contributed by atoms with Crippen LogP contribution in [0.2, 0.25) is 0 Å². The number of aliphatic hydroxyl groups is 1. The highest BCUT2D eigenvalue weighted by Crippen LogP contribution is 2.24. The minimum atomic E-state index is -3.75. The van der Waals surface area contributed by atoms with Crippen molar-refractivity contribution >= 4 is 15.8 Å².